The molecule has 19 heavy (non-hydrogen) atoms. The standard InChI is InChI=1S/C14H23NO4/c16-12-4-2-1-3-11(12)8-15-13(17)9-5-6-10(7-9)14(18)19/h9-12,16H,1-8H2,(H,15,17)(H,18,19)/t9-,10+,11?,12?/m1/s1. The minimum absolute atomic E-state index is 0.0403. The molecule has 0 bridgehead atoms. The summed E-state index contributed by atoms with van der Waals surface area (Å²) in [5.41, 5.74) is 0. The van der Waals surface area contributed by atoms with Crippen LogP contribution in [0.3, 0.4) is 0 Å². The number of rotatable bonds is 4. The first-order chi connectivity index (χ1) is 9.08. The molecule has 0 aromatic heterocycles. The second-order valence-electron chi connectivity index (χ2n) is 5.90. The average molecular weight is 269 g/mol. The fourth-order valence-electron chi connectivity index (χ4n) is 3.25. The summed E-state index contributed by atoms with van der Waals surface area (Å²) in [7, 11) is 0. The minimum atomic E-state index is -0.794. The zero-order chi connectivity index (χ0) is 13.8. The number of nitrogens with one attached hydrogen (secondary N) is 1. The number of amides is 1. The van der Waals surface area contributed by atoms with E-state index in [4.69, 9.17) is 5.11 Å². The Kier molecular flexibility index (Phi) is 4.80. The number of carbonyl (C=O) groups excluding carboxylic acids is 1. The molecule has 0 aromatic rings. The summed E-state index contributed by atoms with van der Waals surface area (Å²) in [5.74, 6) is -1.20. The Morgan fingerprint density at radius 3 is 2.37 bits per heavy atom. The van der Waals surface area contributed by atoms with Gasteiger partial charge in [0, 0.05) is 18.4 Å². The van der Waals surface area contributed by atoms with E-state index in [1.165, 1.54) is 0 Å². The van der Waals surface area contributed by atoms with Crippen LogP contribution in [0, 0.1) is 17.8 Å². The lowest BCUT2D eigenvalue weighted by Crippen LogP contribution is -2.38. The van der Waals surface area contributed by atoms with Crippen LogP contribution in [-0.4, -0.2) is 34.7 Å². The van der Waals surface area contributed by atoms with Crippen molar-refractivity contribution in [1.82, 2.24) is 5.32 Å². The van der Waals surface area contributed by atoms with E-state index in [1.807, 2.05) is 0 Å². The van der Waals surface area contributed by atoms with Gasteiger partial charge in [-0.25, -0.2) is 0 Å². The predicted octanol–water partition coefficient (Wildman–Crippen LogP) is 1.15. The molecule has 0 aromatic carbocycles. The third-order valence-corrected chi connectivity index (χ3v) is 4.56. The summed E-state index contributed by atoms with van der Waals surface area (Å²) >= 11 is 0. The van der Waals surface area contributed by atoms with Crippen molar-refractivity contribution in [2.75, 3.05) is 6.54 Å². The number of aliphatic carboxylic acids is 1. The van der Waals surface area contributed by atoms with Gasteiger partial charge in [-0.1, -0.05) is 12.8 Å². The Morgan fingerprint density at radius 2 is 1.74 bits per heavy atom. The van der Waals surface area contributed by atoms with E-state index < -0.39 is 5.97 Å². The van der Waals surface area contributed by atoms with Crippen LogP contribution in [0.5, 0.6) is 0 Å². The third-order valence-electron chi connectivity index (χ3n) is 4.56. The van der Waals surface area contributed by atoms with Crippen molar-refractivity contribution in [2.45, 2.75) is 51.0 Å². The largest absolute Gasteiger partial charge is 0.481 e. The zero-order valence-corrected chi connectivity index (χ0v) is 11.2. The number of aliphatic hydroxyl groups excluding tert-OH is 1. The van der Waals surface area contributed by atoms with E-state index >= 15 is 0 Å². The molecule has 1 amide bonds. The zero-order valence-electron chi connectivity index (χ0n) is 11.2. The quantitative estimate of drug-likeness (QED) is 0.714. The summed E-state index contributed by atoms with van der Waals surface area (Å²) < 4.78 is 0. The van der Waals surface area contributed by atoms with Gasteiger partial charge in [0.15, 0.2) is 0 Å². The van der Waals surface area contributed by atoms with Crippen LogP contribution in [0.1, 0.15) is 44.9 Å². The van der Waals surface area contributed by atoms with Gasteiger partial charge in [0.2, 0.25) is 5.91 Å². The molecule has 0 saturated heterocycles. The number of hydrogen-bond donors (Lipinski definition) is 3. The molecular formula is C14H23NO4. The van der Waals surface area contributed by atoms with Crippen LogP contribution >= 0.6 is 0 Å². The van der Waals surface area contributed by atoms with E-state index in [0.717, 1.165) is 25.7 Å². The molecule has 4 atom stereocenters. The van der Waals surface area contributed by atoms with Gasteiger partial charge in [-0.3, -0.25) is 9.59 Å². The monoisotopic (exact) mass is 269 g/mol. The van der Waals surface area contributed by atoms with E-state index in [9.17, 15) is 14.7 Å². The van der Waals surface area contributed by atoms with Gasteiger partial charge >= 0.3 is 5.97 Å². The van der Waals surface area contributed by atoms with Crippen LogP contribution in [-0.2, 0) is 9.59 Å². The van der Waals surface area contributed by atoms with Crippen LogP contribution in [0.4, 0.5) is 0 Å². The molecule has 0 heterocycles. The molecule has 2 unspecified atom stereocenters. The van der Waals surface area contributed by atoms with Crippen molar-refractivity contribution < 1.29 is 19.8 Å². The Balaban J connectivity index is 1.74. The van der Waals surface area contributed by atoms with Gasteiger partial charge in [0.1, 0.15) is 0 Å². The lowest BCUT2D eigenvalue weighted by atomic mass is 9.86. The van der Waals surface area contributed by atoms with Gasteiger partial charge in [-0.05, 0) is 32.1 Å². The molecular weight excluding hydrogens is 246 g/mol. The Hall–Kier alpha value is -1.10. The normalized spacial score (nSPS) is 35.0. The first-order valence-electron chi connectivity index (χ1n) is 7.26. The van der Waals surface area contributed by atoms with Gasteiger partial charge in [-0.2, -0.15) is 0 Å². The molecule has 2 saturated carbocycles. The van der Waals surface area contributed by atoms with Crippen LogP contribution < -0.4 is 5.32 Å². The number of carboxylic acid groups (broad SMARTS) is 1. The molecule has 108 valence electrons. The van der Waals surface area contributed by atoms with E-state index in [1.54, 1.807) is 0 Å². The summed E-state index contributed by atoms with van der Waals surface area (Å²) in [6, 6.07) is 0. The molecule has 3 N–H and O–H groups in total. The molecule has 0 radical (unpaired) electrons. The maximum Gasteiger partial charge on any atom is 0.306 e. The maximum absolute atomic E-state index is 12.0. The molecule has 5 nitrogen and oxygen atoms in total. The van der Waals surface area contributed by atoms with Gasteiger partial charge in [0.25, 0.3) is 0 Å². The van der Waals surface area contributed by atoms with Crippen molar-refractivity contribution in [3.05, 3.63) is 0 Å². The molecule has 0 aliphatic heterocycles. The average Bonchev–Trinajstić information content (AvgIpc) is 2.87. The minimum Gasteiger partial charge on any atom is -0.481 e. The van der Waals surface area contributed by atoms with E-state index in [0.29, 0.717) is 25.8 Å². The van der Waals surface area contributed by atoms with Crippen LogP contribution in [0.15, 0.2) is 0 Å². The van der Waals surface area contributed by atoms with Crippen LogP contribution in [0.25, 0.3) is 0 Å². The SMILES string of the molecule is O=C(O)[C@H]1CC[C@@H](C(=O)NCC2CCCCC2O)C1. The summed E-state index contributed by atoms with van der Waals surface area (Å²) in [6.07, 6.45) is 5.37. The maximum atomic E-state index is 12.0. The lowest BCUT2D eigenvalue weighted by molar-refractivity contribution is -0.141. The highest BCUT2D eigenvalue weighted by molar-refractivity contribution is 5.80. The highest BCUT2D eigenvalue weighted by Crippen LogP contribution is 2.31. The number of carboxylic acids is 1. The van der Waals surface area contributed by atoms with E-state index in [-0.39, 0.29) is 29.8 Å². The first kappa shape index (κ1) is 14.3. The Bertz CT molecular complexity index is 344. The molecule has 2 aliphatic rings. The Morgan fingerprint density at radius 1 is 1.05 bits per heavy atom. The predicted molar refractivity (Wildman–Crippen MR) is 69.4 cm³/mol. The number of carbonyl (C=O) groups is 2. The van der Waals surface area contributed by atoms with Crippen molar-refractivity contribution in [1.29, 1.82) is 0 Å². The van der Waals surface area contributed by atoms with Crippen LogP contribution in [0.2, 0.25) is 0 Å². The second-order valence-corrected chi connectivity index (χ2v) is 5.90. The molecule has 2 fully saturated rings. The summed E-state index contributed by atoms with van der Waals surface area (Å²) in [4.78, 5) is 22.8. The van der Waals surface area contributed by atoms with E-state index in [2.05, 4.69) is 5.32 Å². The van der Waals surface area contributed by atoms with Crippen molar-refractivity contribution in [2.24, 2.45) is 17.8 Å². The lowest BCUT2D eigenvalue weighted by Gasteiger charge is -2.28. The molecule has 0 spiro atoms. The number of aliphatic hydroxyl groups is 1. The van der Waals surface area contributed by atoms with Crippen molar-refractivity contribution in [3.8, 4) is 0 Å². The molecule has 2 rings (SSSR count). The third kappa shape index (κ3) is 3.69. The molecule has 2 aliphatic carbocycles. The fraction of sp³-hybridized carbons (Fsp3) is 0.857. The van der Waals surface area contributed by atoms with Crippen molar-refractivity contribution >= 4 is 11.9 Å². The van der Waals surface area contributed by atoms with Gasteiger partial charge in [-0.15, -0.1) is 0 Å². The topological polar surface area (TPSA) is 86.6 Å². The smallest absolute Gasteiger partial charge is 0.306 e. The Labute approximate surface area is 113 Å². The van der Waals surface area contributed by atoms with Gasteiger partial charge < -0.3 is 15.5 Å². The second kappa shape index (κ2) is 6.37. The van der Waals surface area contributed by atoms with Gasteiger partial charge in [0.05, 0.1) is 12.0 Å². The highest BCUT2D eigenvalue weighted by atomic mass is 16.4. The first-order valence-corrected chi connectivity index (χ1v) is 7.26. The van der Waals surface area contributed by atoms with Crippen molar-refractivity contribution in [3.63, 3.8) is 0 Å². The molecule has 5 heteroatoms. The summed E-state index contributed by atoms with van der Waals surface area (Å²) in [5, 5.41) is 21.6. The number of hydrogen-bond acceptors (Lipinski definition) is 3. The fourth-order valence-corrected chi connectivity index (χ4v) is 3.25. The summed E-state index contributed by atoms with van der Waals surface area (Å²) in [6.45, 7) is 0.522. The highest BCUT2D eigenvalue weighted by Gasteiger charge is 2.34.